The number of hydrogen-bond donors (Lipinski definition) is 0. The van der Waals surface area contributed by atoms with Gasteiger partial charge in [-0.05, 0) is 12.8 Å². The summed E-state index contributed by atoms with van der Waals surface area (Å²) >= 11 is 0. The third kappa shape index (κ3) is 2.68. The molecule has 1 fully saturated rings. The molecule has 1 aromatic heterocycles. The molecule has 80 valence electrons. The molecule has 1 amide bonds. The molecular weight excluding hydrogens is 190 g/mol. The topological polar surface area (TPSA) is 38.1 Å². The van der Waals surface area contributed by atoms with Crippen molar-refractivity contribution in [3.05, 3.63) is 24.9 Å². The minimum Gasteiger partial charge on any atom is -0.318 e. The summed E-state index contributed by atoms with van der Waals surface area (Å²) < 4.78 is 1.83. The van der Waals surface area contributed by atoms with Crippen LogP contribution in [0.1, 0.15) is 25.7 Å². The maximum absolute atomic E-state index is 11.6. The van der Waals surface area contributed by atoms with Crippen LogP contribution in [0.15, 0.2) is 24.9 Å². The highest BCUT2D eigenvalue weighted by atomic mass is 16.2. The number of aromatic nitrogens is 2. The van der Waals surface area contributed by atoms with Gasteiger partial charge in [0.1, 0.15) is 0 Å². The van der Waals surface area contributed by atoms with Crippen LogP contribution in [-0.2, 0) is 4.79 Å². The average molecular weight is 205 g/mol. The Bertz CT molecular complexity index is 343. The van der Waals surface area contributed by atoms with Gasteiger partial charge in [0, 0.05) is 37.8 Å². The minimum absolute atomic E-state index is 0.226. The molecule has 0 N–H and O–H groups in total. The molecule has 0 radical (unpaired) electrons. The molecule has 0 unspecified atom stereocenters. The Labute approximate surface area is 89.2 Å². The van der Waals surface area contributed by atoms with Crippen molar-refractivity contribution >= 4 is 12.1 Å². The highest BCUT2D eigenvalue weighted by Gasteiger charge is 2.13. The van der Waals surface area contributed by atoms with E-state index in [-0.39, 0.29) is 5.91 Å². The summed E-state index contributed by atoms with van der Waals surface area (Å²) in [6.45, 7) is 0.837. The molecule has 0 aromatic carbocycles. The lowest BCUT2D eigenvalue weighted by molar-refractivity contribution is -0.128. The molecule has 0 atom stereocenters. The molecule has 4 heteroatoms. The van der Waals surface area contributed by atoms with Crippen LogP contribution >= 0.6 is 0 Å². The summed E-state index contributed by atoms with van der Waals surface area (Å²) in [5.41, 5.74) is 0. The van der Waals surface area contributed by atoms with E-state index >= 15 is 0 Å². The van der Waals surface area contributed by atoms with Crippen molar-refractivity contribution in [2.75, 3.05) is 6.54 Å². The average Bonchev–Trinajstić information content (AvgIpc) is 2.67. The molecule has 15 heavy (non-hydrogen) atoms. The molecule has 0 aliphatic carbocycles. The van der Waals surface area contributed by atoms with Crippen LogP contribution in [0.2, 0.25) is 0 Å². The number of hydrogen-bond acceptors (Lipinski definition) is 2. The monoisotopic (exact) mass is 205 g/mol. The van der Waals surface area contributed by atoms with E-state index in [9.17, 15) is 4.79 Å². The van der Waals surface area contributed by atoms with E-state index in [2.05, 4.69) is 4.98 Å². The van der Waals surface area contributed by atoms with Gasteiger partial charge < -0.3 is 9.47 Å². The van der Waals surface area contributed by atoms with Crippen molar-refractivity contribution in [3.63, 3.8) is 0 Å². The minimum atomic E-state index is 0.226. The predicted octanol–water partition coefficient (Wildman–Crippen LogP) is 1.71. The molecule has 1 aliphatic rings. The summed E-state index contributed by atoms with van der Waals surface area (Å²) in [7, 11) is 0. The second kappa shape index (κ2) is 4.77. The fourth-order valence-corrected chi connectivity index (χ4v) is 1.68. The van der Waals surface area contributed by atoms with Gasteiger partial charge >= 0.3 is 0 Å². The van der Waals surface area contributed by atoms with E-state index in [0.717, 1.165) is 25.8 Å². The molecule has 0 saturated carbocycles. The Morgan fingerprint density at radius 3 is 3.00 bits per heavy atom. The fourth-order valence-electron chi connectivity index (χ4n) is 1.68. The first-order chi connectivity index (χ1) is 7.36. The van der Waals surface area contributed by atoms with Gasteiger partial charge in [-0.2, -0.15) is 0 Å². The molecule has 2 rings (SSSR count). The Kier molecular flexibility index (Phi) is 3.17. The maximum atomic E-state index is 11.6. The van der Waals surface area contributed by atoms with Crippen LogP contribution in [0.4, 0.5) is 0 Å². The number of likely N-dealkylation sites (tertiary alicyclic amines) is 1. The van der Waals surface area contributed by atoms with Crippen LogP contribution in [0.25, 0.3) is 6.20 Å². The lowest BCUT2D eigenvalue weighted by Gasteiger charge is -2.14. The number of nitrogens with zero attached hydrogens (tertiary/aromatic N) is 3. The van der Waals surface area contributed by atoms with Gasteiger partial charge in [0.2, 0.25) is 5.91 Å². The molecule has 4 nitrogen and oxygen atoms in total. The summed E-state index contributed by atoms with van der Waals surface area (Å²) in [5, 5.41) is 0. The first-order valence-corrected chi connectivity index (χ1v) is 5.31. The van der Waals surface area contributed by atoms with E-state index in [1.54, 1.807) is 17.4 Å². The molecule has 1 aliphatic heterocycles. The smallest absolute Gasteiger partial charge is 0.226 e. The standard InChI is InChI=1S/C11H15N3O/c15-11-4-2-1-3-6-14(11)9-8-13-7-5-12-10-13/h5,7-10H,1-4,6H2. The summed E-state index contributed by atoms with van der Waals surface area (Å²) in [6.07, 6.45) is 12.9. The van der Waals surface area contributed by atoms with Gasteiger partial charge in [0.05, 0.1) is 6.33 Å². The Hall–Kier alpha value is -1.58. The lowest BCUT2D eigenvalue weighted by atomic mass is 10.2. The normalized spacial score (nSPS) is 18.4. The zero-order valence-corrected chi connectivity index (χ0v) is 8.67. The summed E-state index contributed by atoms with van der Waals surface area (Å²) in [5.74, 6) is 0.226. The zero-order valence-electron chi connectivity index (χ0n) is 8.67. The summed E-state index contributed by atoms with van der Waals surface area (Å²) in [4.78, 5) is 17.4. The van der Waals surface area contributed by atoms with Crippen molar-refractivity contribution in [3.8, 4) is 0 Å². The third-order valence-corrected chi connectivity index (χ3v) is 2.55. The van der Waals surface area contributed by atoms with Crippen molar-refractivity contribution in [2.45, 2.75) is 25.7 Å². The van der Waals surface area contributed by atoms with Gasteiger partial charge in [-0.25, -0.2) is 4.98 Å². The predicted molar refractivity (Wildman–Crippen MR) is 57.7 cm³/mol. The Morgan fingerprint density at radius 1 is 1.27 bits per heavy atom. The van der Waals surface area contributed by atoms with Crippen molar-refractivity contribution in [2.24, 2.45) is 0 Å². The lowest BCUT2D eigenvalue weighted by Crippen LogP contribution is -2.24. The molecule has 0 spiro atoms. The molecular formula is C11H15N3O. The second-order valence-electron chi connectivity index (χ2n) is 3.71. The molecule has 2 heterocycles. The van der Waals surface area contributed by atoms with E-state index < -0.39 is 0 Å². The van der Waals surface area contributed by atoms with Crippen molar-refractivity contribution in [1.29, 1.82) is 0 Å². The first kappa shape index (κ1) is 9.96. The van der Waals surface area contributed by atoms with Gasteiger partial charge in [-0.1, -0.05) is 6.42 Å². The van der Waals surface area contributed by atoms with E-state index in [4.69, 9.17) is 0 Å². The van der Waals surface area contributed by atoms with Crippen LogP contribution in [0, 0.1) is 0 Å². The number of imidazole rings is 1. The quantitative estimate of drug-likeness (QED) is 0.737. The molecule has 0 bridgehead atoms. The van der Waals surface area contributed by atoms with Gasteiger partial charge in [0.25, 0.3) is 0 Å². The molecule has 1 aromatic rings. The number of carbonyl (C=O) groups is 1. The van der Waals surface area contributed by atoms with Gasteiger partial charge in [0.15, 0.2) is 0 Å². The van der Waals surface area contributed by atoms with Gasteiger partial charge in [-0.15, -0.1) is 0 Å². The van der Waals surface area contributed by atoms with Crippen molar-refractivity contribution in [1.82, 2.24) is 14.5 Å². The Balaban J connectivity index is 2.00. The van der Waals surface area contributed by atoms with Gasteiger partial charge in [-0.3, -0.25) is 4.79 Å². The van der Waals surface area contributed by atoms with E-state index in [0.29, 0.717) is 6.42 Å². The highest BCUT2D eigenvalue weighted by Crippen LogP contribution is 2.11. The van der Waals surface area contributed by atoms with E-state index in [1.165, 1.54) is 0 Å². The summed E-state index contributed by atoms with van der Waals surface area (Å²) in [6, 6.07) is 0. The zero-order chi connectivity index (χ0) is 10.5. The van der Waals surface area contributed by atoms with E-state index in [1.807, 2.05) is 23.2 Å². The first-order valence-electron chi connectivity index (χ1n) is 5.31. The SMILES string of the molecule is O=C1CCCCCN1C=Cn1ccnc1. The van der Waals surface area contributed by atoms with Crippen LogP contribution in [0.3, 0.4) is 0 Å². The molecule has 1 saturated heterocycles. The Morgan fingerprint density at radius 2 is 2.20 bits per heavy atom. The second-order valence-corrected chi connectivity index (χ2v) is 3.71. The fraction of sp³-hybridized carbons (Fsp3) is 0.455. The van der Waals surface area contributed by atoms with Crippen LogP contribution < -0.4 is 0 Å². The van der Waals surface area contributed by atoms with Crippen LogP contribution in [0.5, 0.6) is 0 Å². The van der Waals surface area contributed by atoms with Crippen LogP contribution in [-0.4, -0.2) is 26.9 Å². The van der Waals surface area contributed by atoms with Crippen molar-refractivity contribution < 1.29 is 4.79 Å². The third-order valence-electron chi connectivity index (χ3n) is 2.55. The number of amides is 1. The number of rotatable bonds is 2. The largest absolute Gasteiger partial charge is 0.318 e. The highest BCUT2D eigenvalue weighted by molar-refractivity contribution is 5.77. The number of carbonyl (C=O) groups excluding carboxylic acids is 1. The maximum Gasteiger partial charge on any atom is 0.226 e.